The fraction of sp³-hybridized carbons (Fsp3) is 0.389. The second-order valence-corrected chi connectivity index (χ2v) is 7.31. The summed E-state index contributed by atoms with van der Waals surface area (Å²) in [6.07, 6.45) is 3.02. The molecule has 0 bridgehead atoms. The molecule has 1 heterocycles. The number of hydrogen-bond acceptors (Lipinski definition) is 4. The molecule has 0 fully saturated rings. The van der Waals surface area contributed by atoms with Crippen LogP contribution >= 0.6 is 22.9 Å². The first-order chi connectivity index (χ1) is 11.9. The van der Waals surface area contributed by atoms with Crippen LogP contribution in [0.3, 0.4) is 0 Å². The monoisotopic (exact) mass is 379 g/mol. The molecule has 2 aromatic rings. The topological polar surface area (TPSA) is 62.3 Å². The minimum atomic E-state index is -0.294. The average Bonchev–Trinajstić information content (AvgIpc) is 2.95. The van der Waals surface area contributed by atoms with Crippen LogP contribution in [0, 0.1) is 6.92 Å². The fourth-order valence-corrected chi connectivity index (χ4v) is 3.58. The van der Waals surface area contributed by atoms with E-state index in [2.05, 4.69) is 17.2 Å². The fourth-order valence-electron chi connectivity index (χ4n) is 2.30. The molecule has 0 saturated carbocycles. The molecule has 7 heteroatoms. The highest BCUT2D eigenvalue weighted by atomic mass is 35.5. The largest absolute Gasteiger partial charge is 0.332 e. The van der Waals surface area contributed by atoms with Crippen molar-refractivity contribution in [2.75, 3.05) is 18.9 Å². The standard InChI is InChI=1S/C18H22ClN3O2S/c1-4-5-10-16-20-12(2)17(25-16)18(24)22(3)11-15(23)21-14-9-7-6-8-13(14)19/h6-9H,4-5,10-11H2,1-3H3,(H,21,23). The number of aryl methyl sites for hydroxylation is 2. The molecule has 2 rings (SSSR count). The van der Waals surface area contributed by atoms with E-state index in [4.69, 9.17) is 11.6 Å². The van der Waals surface area contributed by atoms with Gasteiger partial charge in [-0.3, -0.25) is 9.59 Å². The number of anilines is 1. The third-order valence-electron chi connectivity index (χ3n) is 3.65. The molecule has 134 valence electrons. The van der Waals surface area contributed by atoms with Gasteiger partial charge < -0.3 is 10.2 Å². The molecule has 0 radical (unpaired) electrons. The lowest BCUT2D eigenvalue weighted by molar-refractivity contribution is -0.116. The zero-order chi connectivity index (χ0) is 18.4. The van der Waals surface area contributed by atoms with Gasteiger partial charge in [-0.25, -0.2) is 4.98 Å². The summed E-state index contributed by atoms with van der Waals surface area (Å²) in [4.78, 5) is 31.2. The Morgan fingerprint density at radius 2 is 2.04 bits per heavy atom. The van der Waals surface area contributed by atoms with Crippen LogP contribution < -0.4 is 5.32 Å². The lowest BCUT2D eigenvalue weighted by atomic mass is 10.2. The van der Waals surface area contributed by atoms with E-state index < -0.39 is 0 Å². The number of amides is 2. The molecular formula is C18H22ClN3O2S. The van der Waals surface area contributed by atoms with E-state index in [0.29, 0.717) is 15.6 Å². The van der Waals surface area contributed by atoms with Crippen molar-refractivity contribution in [2.24, 2.45) is 0 Å². The van der Waals surface area contributed by atoms with Gasteiger partial charge >= 0.3 is 0 Å². The molecule has 1 aromatic carbocycles. The molecule has 5 nitrogen and oxygen atoms in total. The van der Waals surface area contributed by atoms with Crippen LogP contribution in [-0.2, 0) is 11.2 Å². The van der Waals surface area contributed by atoms with Gasteiger partial charge in [0.2, 0.25) is 5.91 Å². The van der Waals surface area contributed by atoms with Gasteiger partial charge in [0.25, 0.3) is 5.91 Å². The summed E-state index contributed by atoms with van der Waals surface area (Å²) in [6, 6.07) is 6.99. The number of rotatable bonds is 7. The molecule has 0 aliphatic heterocycles. The molecule has 0 aliphatic carbocycles. The molecule has 0 saturated heterocycles. The van der Waals surface area contributed by atoms with Gasteiger partial charge in [-0.1, -0.05) is 37.1 Å². The summed E-state index contributed by atoms with van der Waals surface area (Å²) < 4.78 is 0. The Morgan fingerprint density at radius 1 is 1.32 bits per heavy atom. The normalized spacial score (nSPS) is 10.6. The second kappa shape index (κ2) is 8.97. The maximum atomic E-state index is 12.6. The molecule has 0 unspecified atom stereocenters. The van der Waals surface area contributed by atoms with Crippen molar-refractivity contribution < 1.29 is 9.59 Å². The minimum Gasteiger partial charge on any atom is -0.332 e. The number of nitrogens with zero attached hydrogens (tertiary/aromatic N) is 2. The molecule has 0 spiro atoms. The Kier molecular flexibility index (Phi) is 6.96. The molecule has 2 amide bonds. The van der Waals surface area contributed by atoms with Crippen LogP contribution in [0.2, 0.25) is 5.02 Å². The number of halogens is 1. The maximum absolute atomic E-state index is 12.6. The smallest absolute Gasteiger partial charge is 0.266 e. The summed E-state index contributed by atoms with van der Waals surface area (Å²) in [7, 11) is 1.61. The SMILES string of the molecule is CCCCc1nc(C)c(C(=O)N(C)CC(=O)Nc2ccccc2Cl)s1. The van der Waals surface area contributed by atoms with Crippen molar-refractivity contribution in [3.8, 4) is 0 Å². The van der Waals surface area contributed by atoms with Crippen LogP contribution in [0.4, 0.5) is 5.69 Å². The van der Waals surface area contributed by atoms with E-state index in [0.717, 1.165) is 30.0 Å². The molecule has 25 heavy (non-hydrogen) atoms. The van der Waals surface area contributed by atoms with E-state index in [1.807, 2.05) is 6.92 Å². The van der Waals surface area contributed by atoms with E-state index in [-0.39, 0.29) is 18.4 Å². The maximum Gasteiger partial charge on any atom is 0.266 e. The summed E-state index contributed by atoms with van der Waals surface area (Å²) in [6.45, 7) is 3.90. The Balaban J connectivity index is 1.99. The van der Waals surface area contributed by atoms with E-state index in [1.165, 1.54) is 16.2 Å². The van der Waals surface area contributed by atoms with Gasteiger partial charge in [0.1, 0.15) is 4.88 Å². The quantitative estimate of drug-likeness (QED) is 0.785. The summed E-state index contributed by atoms with van der Waals surface area (Å²) in [5.41, 5.74) is 1.25. The Labute approximate surface area is 157 Å². The lowest BCUT2D eigenvalue weighted by Crippen LogP contribution is -2.34. The number of thiazole rings is 1. The van der Waals surface area contributed by atoms with Gasteiger partial charge in [0, 0.05) is 7.05 Å². The first-order valence-corrected chi connectivity index (χ1v) is 9.38. The third kappa shape index (κ3) is 5.28. The zero-order valence-corrected chi connectivity index (χ0v) is 16.2. The summed E-state index contributed by atoms with van der Waals surface area (Å²) in [5.74, 6) is -0.482. The van der Waals surface area contributed by atoms with Gasteiger partial charge in [-0.2, -0.15) is 0 Å². The van der Waals surface area contributed by atoms with Crippen LogP contribution in [0.15, 0.2) is 24.3 Å². The van der Waals surface area contributed by atoms with Gasteiger partial charge in [0.15, 0.2) is 0 Å². The Morgan fingerprint density at radius 3 is 2.72 bits per heavy atom. The number of carbonyl (C=O) groups is 2. The second-order valence-electron chi connectivity index (χ2n) is 5.81. The van der Waals surface area contributed by atoms with Crippen molar-refractivity contribution >= 4 is 40.4 Å². The van der Waals surface area contributed by atoms with Crippen molar-refractivity contribution in [3.05, 3.63) is 44.9 Å². The van der Waals surface area contributed by atoms with Crippen LogP contribution in [0.1, 0.15) is 40.1 Å². The molecule has 1 N–H and O–H groups in total. The highest BCUT2D eigenvalue weighted by Crippen LogP contribution is 2.22. The Bertz CT molecular complexity index is 761. The minimum absolute atomic E-state index is 0.0499. The number of carbonyl (C=O) groups excluding carboxylic acids is 2. The zero-order valence-electron chi connectivity index (χ0n) is 14.6. The van der Waals surface area contributed by atoms with Crippen molar-refractivity contribution in [3.63, 3.8) is 0 Å². The molecule has 1 aromatic heterocycles. The number of para-hydroxylation sites is 1. The van der Waals surface area contributed by atoms with Gasteiger partial charge in [-0.05, 0) is 31.9 Å². The predicted molar refractivity (Wildman–Crippen MR) is 103 cm³/mol. The predicted octanol–water partition coefficient (Wildman–Crippen LogP) is 4.16. The molecular weight excluding hydrogens is 358 g/mol. The van der Waals surface area contributed by atoms with Gasteiger partial charge in [0.05, 0.1) is 28.0 Å². The van der Waals surface area contributed by atoms with Crippen LogP contribution in [0.25, 0.3) is 0 Å². The Hall–Kier alpha value is -1.92. The van der Waals surface area contributed by atoms with Gasteiger partial charge in [-0.15, -0.1) is 11.3 Å². The molecule has 0 atom stereocenters. The highest BCUT2D eigenvalue weighted by molar-refractivity contribution is 7.13. The van der Waals surface area contributed by atoms with Crippen LogP contribution in [0.5, 0.6) is 0 Å². The first kappa shape index (κ1) is 19.4. The number of unbranched alkanes of at least 4 members (excludes halogenated alkanes) is 1. The average molecular weight is 380 g/mol. The number of hydrogen-bond donors (Lipinski definition) is 1. The first-order valence-electron chi connectivity index (χ1n) is 8.18. The third-order valence-corrected chi connectivity index (χ3v) is 5.19. The van der Waals surface area contributed by atoms with E-state index in [9.17, 15) is 9.59 Å². The number of benzene rings is 1. The number of likely N-dealkylation sites (N-methyl/N-ethyl adjacent to an activating group) is 1. The number of aromatic nitrogens is 1. The van der Waals surface area contributed by atoms with Crippen molar-refractivity contribution in [1.29, 1.82) is 0 Å². The lowest BCUT2D eigenvalue weighted by Gasteiger charge is -2.16. The summed E-state index contributed by atoms with van der Waals surface area (Å²) in [5, 5.41) is 4.15. The summed E-state index contributed by atoms with van der Waals surface area (Å²) >= 11 is 7.44. The molecule has 0 aliphatic rings. The van der Waals surface area contributed by atoms with Crippen molar-refractivity contribution in [1.82, 2.24) is 9.88 Å². The van der Waals surface area contributed by atoms with Crippen LogP contribution in [-0.4, -0.2) is 35.3 Å². The van der Waals surface area contributed by atoms with E-state index >= 15 is 0 Å². The number of nitrogens with one attached hydrogen (secondary N) is 1. The van der Waals surface area contributed by atoms with Crippen molar-refractivity contribution in [2.45, 2.75) is 33.1 Å². The highest BCUT2D eigenvalue weighted by Gasteiger charge is 2.20. The van der Waals surface area contributed by atoms with E-state index in [1.54, 1.807) is 31.3 Å².